The predicted octanol–water partition coefficient (Wildman–Crippen LogP) is 3.43. The number of morpholine rings is 1. The van der Waals surface area contributed by atoms with Crippen molar-refractivity contribution in [2.45, 2.75) is 59.3 Å². The Bertz CT molecular complexity index is 692. The maximum Gasteiger partial charge on any atom is 0.191 e. The third-order valence-electron chi connectivity index (χ3n) is 5.89. The Morgan fingerprint density at radius 2 is 2.03 bits per heavy atom. The molecule has 0 aliphatic carbocycles. The molecule has 3 heterocycles. The van der Waals surface area contributed by atoms with Crippen LogP contribution in [0, 0.1) is 11.3 Å². The van der Waals surface area contributed by atoms with Crippen molar-refractivity contribution in [1.82, 2.24) is 15.6 Å². The van der Waals surface area contributed by atoms with Crippen molar-refractivity contribution < 1.29 is 9.47 Å². The van der Waals surface area contributed by atoms with Gasteiger partial charge in [0.15, 0.2) is 5.96 Å². The first kappa shape index (κ1) is 26.1. The molecule has 7 nitrogen and oxygen atoms in total. The second-order valence-corrected chi connectivity index (χ2v) is 9.52. The summed E-state index contributed by atoms with van der Waals surface area (Å²) in [6.07, 6.45) is 4.79. The van der Waals surface area contributed by atoms with Gasteiger partial charge in [-0.2, -0.15) is 0 Å². The lowest BCUT2D eigenvalue weighted by atomic mass is 9.78. The van der Waals surface area contributed by atoms with Gasteiger partial charge < -0.3 is 25.0 Å². The molecule has 2 N–H and O–H groups in total. The van der Waals surface area contributed by atoms with Crippen molar-refractivity contribution in [1.29, 1.82) is 0 Å². The van der Waals surface area contributed by atoms with Gasteiger partial charge in [0.25, 0.3) is 0 Å². The maximum absolute atomic E-state index is 6.10. The number of nitrogens with one attached hydrogen (secondary N) is 2. The predicted molar refractivity (Wildman–Crippen MR) is 137 cm³/mol. The molecule has 2 aliphatic rings. The number of anilines is 1. The van der Waals surface area contributed by atoms with Crippen LogP contribution < -0.4 is 15.5 Å². The molecule has 0 spiro atoms. The second-order valence-electron chi connectivity index (χ2n) is 9.52. The van der Waals surface area contributed by atoms with E-state index in [1.165, 1.54) is 6.42 Å². The van der Waals surface area contributed by atoms with Gasteiger partial charge in [-0.3, -0.25) is 4.99 Å². The quantitative estimate of drug-likeness (QED) is 0.336. The van der Waals surface area contributed by atoms with Crippen molar-refractivity contribution in [2.24, 2.45) is 16.3 Å². The van der Waals surface area contributed by atoms with Crippen LogP contribution in [-0.4, -0.2) is 63.0 Å². The zero-order valence-corrected chi connectivity index (χ0v) is 22.0. The Balaban J connectivity index is 0.00000341. The molecule has 3 unspecified atom stereocenters. The second kappa shape index (κ2) is 12.2. The van der Waals surface area contributed by atoms with E-state index in [4.69, 9.17) is 9.47 Å². The van der Waals surface area contributed by atoms with Crippen LogP contribution in [0.3, 0.4) is 0 Å². The molecule has 1 aromatic rings. The number of nitrogens with zero attached hydrogens (tertiary/aromatic N) is 3. The summed E-state index contributed by atoms with van der Waals surface area (Å²) in [6.45, 7) is 13.9. The van der Waals surface area contributed by atoms with E-state index in [9.17, 15) is 0 Å². The van der Waals surface area contributed by atoms with Crippen LogP contribution in [0.15, 0.2) is 23.3 Å². The topological polar surface area (TPSA) is 71.0 Å². The zero-order valence-electron chi connectivity index (χ0n) is 19.7. The summed E-state index contributed by atoms with van der Waals surface area (Å²) >= 11 is 0. The monoisotopic (exact) mass is 545 g/mol. The van der Waals surface area contributed by atoms with E-state index in [1.807, 2.05) is 13.2 Å². The van der Waals surface area contributed by atoms with Crippen LogP contribution in [0.4, 0.5) is 5.82 Å². The number of ether oxygens (including phenoxy) is 2. The van der Waals surface area contributed by atoms with E-state index in [2.05, 4.69) is 65.3 Å². The largest absolute Gasteiger partial charge is 0.377 e. The standard InChI is InChI=1S/C23H39N5O2.HI/c1-17-16-28(10-12-29-17)20-9-8-18(13-25-20)14-26-22(24-5)27-15-19-7-6-11-30-21(19)23(2,3)4;/h8-9,13,17,19,21H,6-7,10-12,14-16H2,1-5H3,(H2,24,26,27);1H. The minimum atomic E-state index is 0. The molecule has 2 aliphatic heterocycles. The molecule has 2 fully saturated rings. The summed E-state index contributed by atoms with van der Waals surface area (Å²) in [5.74, 6) is 2.33. The van der Waals surface area contributed by atoms with Crippen LogP contribution in [0.1, 0.15) is 46.1 Å². The molecule has 3 atom stereocenters. The highest BCUT2D eigenvalue weighted by molar-refractivity contribution is 14.0. The Kier molecular flexibility index (Phi) is 10.3. The molecule has 0 aromatic carbocycles. The van der Waals surface area contributed by atoms with Crippen LogP contribution in [0.2, 0.25) is 0 Å². The van der Waals surface area contributed by atoms with Crippen LogP contribution in [-0.2, 0) is 16.0 Å². The molecule has 1 aromatic heterocycles. The van der Waals surface area contributed by atoms with Crippen LogP contribution in [0.25, 0.3) is 0 Å². The van der Waals surface area contributed by atoms with Crippen molar-refractivity contribution in [2.75, 3.05) is 44.8 Å². The number of guanidine groups is 1. The van der Waals surface area contributed by atoms with Crippen LogP contribution in [0.5, 0.6) is 0 Å². The summed E-state index contributed by atoms with van der Waals surface area (Å²) in [7, 11) is 1.81. The molecule has 3 rings (SSSR count). The molecule has 0 bridgehead atoms. The number of hydrogen-bond acceptors (Lipinski definition) is 5. The molecule has 31 heavy (non-hydrogen) atoms. The average molecular weight is 546 g/mol. The van der Waals surface area contributed by atoms with E-state index in [1.54, 1.807) is 0 Å². The molecular weight excluding hydrogens is 505 g/mol. The van der Waals surface area contributed by atoms with E-state index >= 15 is 0 Å². The van der Waals surface area contributed by atoms with E-state index < -0.39 is 0 Å². The summed E-state index contributed by atoms with van der Waals surface area (Å²) in [6, 6.07) is 4.23. The Hall–Kier alpha value is -1.13. The van der Waals surface area contributed by atoms with Gasteiger partial charge in [-0.15, -0.1) is 24.0 Å². The zero-order chi connectivity index (χ0) is 21.6. The third-order valence-corrected chi connectivity index (χ3v) is 5.89. The van der Waals surface area contributed by atoms with Gasteiger partial charge in [-0.25, -0.2) is 4.98 Å². The number of rotatable bonds is 5. The maximum atomic E-state index is 6.10. The number of pyridine rings is 1. The van der Waals surface area contributed by atoms with Crippen LogP contribution >= 0.6 is 24.0 Å². The van der Waals surface area contributed by atoms with E-state index in [0.29, 0.717) is 12.5 Å². The lowest BCUT2D eigenvalue weighted by Gasteiger charge is -2.40. The van der Waals surface area contributed by atoms with Gasteiger partial charge in [-0.05, 0) is 36.8 Å². The van der Waals surface area contributed by atoms with Gasteiger partial charge in [0.1, 0.15) is 5.82 Å². The molecule has 8 heteroatoms. The van der Waals surface area contributed by atoms with Gasteiger partial charge >= 0.3 is 0 Å². The lowest BCUT2D eigenvalue weighted by molar-refractivity contribution is -0.0835. The fraction of sp³-hybridized carbons (Fsp3) is 0.739. The summed E-state index contributed by atoms with van der Waals surface area (Å²) < 4.78 is 11.7. The fourth-order valence-corrected chi connectivity index (χ4v) is 4.38. The first-order valence-corrected chi connectivity index (χ1v) is 11.2. The average Bonchev–Trinajstić information content (AvgIpc) is 2.74. The third kappa shape index (κ3) is 7.75. The minimum absolute atomic E-state index is 0. The highest BCUT2D eigenvalue weighted by Gasteiger charge is 2.35. The van der Waals surface area contributed by atoms with Crippen molar-refractivity contribution in [3.05, 3.63) is 23.9 Å². The summed E-state index contributed by atoms with van der Waals surface area (Å²) in [5.41, 5.74) is 1.28. The van der Waals surface area contributed by atoms with Gasteiger partial charge in [0, 0.05) is 51.9 Å². The number of halogens is 1. The van der Waals surface area contributed by atoms with Crippen molar-refractivity contribution in [3.8, 4) is 0 Å². The Morgan fingerprint density at radius 3 is 2.68 bits per heavy atom. The summed E-state index contributed by atoms with van der Waals surface area (Å²) in [4.78, 5) is 11.3. The molecule has 0 saturated carbocycles. The normalized spacial score (nSPS) is 25.0. The van der Waals surface area contributed by atoms with Crippen molar-refractivity contribution >= 4 is 35.8 Å². The van der Waals surface area contributed by atoms with Gasteiger partial charge in [0.05, 0.1) is 18.8 Å². The lowest BCUT2D eigenvalue weighted by Crippen LogP contribution is -2.47. The summed E-state index contributed by atoms with van der Waals surface area (Å²) in [5, 5.41) is 6.91. The highest BCUT2D eigenvalue weighted by atomic mass is 127. The fourth-order valence-electron chi connectivity index (χ4n) is 4.38. The van der Waals surface area contributed by atoms with E-state index in [-0.39, 0.29) is 41.6 Å². The molecule has 0 amide bonds. The Labute approximate surface area is 204 Å². The molecular formula is C23H40IN5O2. The van der Waals surface area contributed by atoms with Crippen molar-refractivity contribution in [3.63, 3.8) is 0 Å². The number of aliphatic imine (C=N–C) groups is 1. The van der Waals surface area contributed by atoms with Gasteiger partial charge in [-0.1, -0.05) is 26.8 Å². The number of aromatic nitrogens is 1. The highest BCUT2D eigenvalue weighted by Crippen LogP contribution is 2.33. The smallest absolute Gasteiger partial charge is 0.191 e. The first-order chi connectivity index (χ1) is 14.4. The molecule has 176 valence electrons. The Morgan fingerprint density at radius 1 is 1.23 bits per heavy atom. The van der Waals surface area contributed by atoms with Gasteiger partial charge in [0.2, 0.25) is 0 Å². The molecule has 0 radical (unpaired) electrons. The number of hydrogen-bond donors (Lipinski definition) is 2. The first-order valence-electron chi connectivity index (χ1n) is 11.2. The molecule has 2 saturated heterocycles. The van der Waals surface area contributed by atoms with E-state index in [0.717, 1.165) is 56.6 Å². The minimum Gasteiger partial charge on any atom is -0.377 e. The SMILES string of the molecule is CN=C(NCc1ccc(N2CCOC(C)C2)nc1)NCC1CCCOC1C(C)(C)C.I.